The van der Waals surface area contributed by atoms with Crippen LogP contribution >= 0.6 is 0 Å². The van der Waals surface area contributed by atoms with Crippen LogP contribution in [0.2, 0.25) is 0 Å². The molecule has 19 heavy (non-hydrogen) atoms. The van der Waals surface area contributed by atoms with Crippen molar-refractivity contribution < 1.29 is 15.3 Å². The lowest BCUT2D eigenvalue weighted by molar-refractivity contribution is -0.736. The summed E-state index contributed by atoms with van der Waals surface area (Å²) >= 11 is 0. The van der Waals surface area contributed by atoms with Crippen molar-refractivity contribution in [2.24, 2.45) is 0 Å². The molecule has 5 N–H and O–H groups in total. The summed E-state index contributed by atoms with van der Waals surface area (Å²) in [6.07, 6.45) is 0. The summed E-state index contributed by atoms with van der Waals surface area (Å²) in [5, 5.41) is 13.2. The normalized spacial score (nSPS) is 20.8. The Morgan fingerprint density at radius 3 is 2.53 bits per heavy atom. The fourth-order valence-electron chi connectivity index (χ4n) is 2.13. The van der Waals surface area contributed by atoms with Gasteiger partial charge in [0.2, 0.25) is 0 Å². The zero-order chi connectivity index (χ0) is 13.3. The van der Waals surface area contributed by atoms with E-state index in [0.717, 1.165) is 5.69 Å². The van der Waals surface area contributed by atoms with Crippen LogP contribution in [0.4, 0.5) is 11.4 Å². The molecule has 0 bridgehead atoms. The molecule has 2 aromatic carbocycles. The highest BCUT2D eigenvalue weighted by Gasteiger charge is 2.50. The monoisotopic (exact) mass is 256 g/mol. The van der Waals surface area contributed by atoms with Crippen molar-refractivity contribution in [3.8, 4) is 0 Å². The van der Waals surface area contributed by atoms with Gasteiger partial charge in [0.25, 0.3) is 0 Å². The van der Waals surface area contributed by atoms with Gasteiger partial charge >= 0.3 is 11.6 Å². The first-order valence-corrected chi connectivity index (χ1v) is 5.99. The molecular formula is C14H14N3O2+. The van der Waals surface area contributed by atoms with E-state index in [1.807, 2.05) is 36.4 Å². The van der Waals surface area contributed by atoms with Crippen LogP contribution in [0.15, 0.2) is 54.6 Å². The topological polar surface area (TPSA) is 78.0 Å². The van der Waals surface area contributed by atoms with E-state index in [9.17, 15) is 9.90 Å². The quantitative estimate of drug-likeness (QED) is 0.364. The van der Waals surface area contributed by atoms with Crippen molar-refractivity contribution in [1.29, 1.82) is 0 Å². The van der Waals surface area contributed by atoms with Crippen LogP contribution in [0.3, 0.4) is 0 Å². The predicted octanol–water partition coefficient (Wildman–Crippen LogP) is 0.374. The van der Waals surface area contributed by atoms with Crippen molar-refractivity contribution in [3.05, 3.63) is 60.2 Å². The van der Waals surface area contributed by atoms with E-state index in [0.29, 0.717) is 11.3 Å². The highest BCUT2D eigenvalue weighted by molar-refractivity contribution is 6.03. The summed E-state index contributed by atoms with van der Waals surface area (Å²) in [6.45, 7) is 0. The number of hydrogen-bond donors (Lipinski definition) is 4. The summed E-state index contributed by atoms with van der Waals surface area (Å²) < 4.78 is 0. The molecule has 0 radical (unpaired) electrons. The number of aliphatic hydroxyl groups is 1. The van der Waals surface area contributed by atoms with Gasteiger partial charge in [0, 0.05) is 0 Å². The van der Waals surface area contributed by atoms with E-state index in [-0.39, 0.29) is 0 Å². The number of hydrogen-bond acceptors (Lipinski definition) is 3. The SMILES string of the molecule is O=C1Nc2ccccc2C1(O)[NH2+]Nc1ccccc1. The minimum Gasteiger partial charge on any atom is -0.329 e. The molecule has 1 atom stereocenters. The van der Waals surface area contributed by atoms with E-state index in [4.69, 9.17) is 0 Å². The first-order chi connectivity index (χ1) is 9.20. The zero-order valence-corrected chi connectivity index (χ0v) is 10.1. The molecule has 0 aliphatic carbocycles. The Kier molecular flexibility index (Phi) is 2.70. The lowest BCUT2D eigenvalue weighted by Gasteiger charge is -2.18. The number of rotatable bonds is 3. The molecule has 2 aromatic rings. The molecule has 1 heterocycles. The van der Waals surface area contributed by atoms with Crippen LogP contribution < -0.4 is 16.2 Å². The number of amides is 1. The van der Waals surface area contributed by atoms with E-state index in [1.165, 1.54) is 5.43 Å². The van der Waals surface area contributed by atoms with Crippen molar-refractivity contribution >= 4 is 17.3 Å². The fraction of sp³-hybridized carbons (Fsp3) is 0.0714. The number of carbonyl (C=O) groups is 1. The lowest BCUT2D eigenvalue weighted by Crippen LogP contribution is -3.00. The second-order valence-electron chi connectivity index (χ2n) is 4.42. The van der Waals surface area contributed by atoms with Gasteiger partial charge in [-0.2, -0.15) is 0 Å². The van der Waals surface area contributed by atoms with Gasteiger partial charge in [0.15, 0.2) is 0 Å². The van der Waals surface area contributed by atoms with Gasteiger partial charge in [0.05, 0.1) is 16.9 Å². The van der Waals surface area contributed by atoms with E-state index in [2.05, 4.69) is 10.7 Å². The van der Waals surface area contributed by atoms with Crippen LogP contribution in [0.25, 0.3) is 0 Å². The second-order valence-corrected chi connectivity index (χ2v) is 4.42. The van der Waals surface area contributed by atoms with Crippen molar-refractivity contribution in [3.63, 3.8) is 0 Å². The summed E-state index contributed by atoms with van der Waals surface area (Å²) in [5.74, 6) is -0.447. The molecule has 1 amide bonds. The van der Waals surface area contributed by atoms with Crippen molar-refractivity contribution in [2.75, 3.05) is 10.7 Å². The Morgan fingerprint density at radius 1 is 1.05 bits per heavy atom. The van der Waals surface area contributed by atoms with E-state index >= 15 is 0 Å². The number of nitrogen functional groups attached to an aromatic ring is 1. The lowest BCUT2D eigenvalue weighted by atomic mass is 10.1. The van der Waals surface area contributed by atoms with Crippen LogP contribution in [-0.2, 0) is 10.5 Å². The highest BCUT2D eigenvalue weighted by atomic mass is 16.3. The minimum absolute atomic E-state index is 0.447. The van der Waals surface area contributed by atoms with Gasteiger partial charge in [-0.15, -0.1) is 0 Å². The molecule has 5 heteroatoms. The van der Waals surface area contributed by atoms with Gasteiger partial charge in [-0.25, -0.2) is 10.9 Å². The molecule has 0 fully saturated rings. The average molecular weight is 256 g/mol. The Hall–Kier alpha value is -2.37. The number of carbonyl (C=O) groups excluding carboxylic acids is 1. The highest BCUT2D eigenvalue weighted by Crippen LogP contribution is 2.30. The standard InChI is InChI=1S/C14H13N3O2/c18-13-14(19,11-8-4-5-9-12(11)15-13)17-16-10-6-2-1-3-7-10/h1-9,16-17,19H,(H,15,18)/p+1. The summed E-state index contributed by atoms with van der Waals surface area (Å²) in [5.41, 5.74) is 4.73. The first-order valence-electron chi connectivity index (χ1n) is 5.99. The molecule has 0 spiro atoms. The molecule has 0 saturated carbocycles. The van der Waals surface area contributed by atoms with Gasteiger partial charge in [-0.3, -0.25) is 4.79 Å². The third kappa shape index (κ3) is 1.95. The van der Waals surface area contributed by atoms with Crippen LogP contribution in [0.1, 0.15) is 5.56 Å². The number of nitrogens with two attached hydrogens (primary N) is 1. The van der Waals surface area contributed by atoms with E-state index < -0.39 is 11.6 Å². The van der Waals surface area contributed by atoms with Crippen LogP contribution in [0.5, 0.6) is 0 Å². The van der Waals surface area contributed by atoms with Crippen LogP contribution in [-0.4, -0.2) is 11.0 Å². The molecule has 0 aromatic heterocycles. The summed E-state index contributed by atoms with van der Waals surface area (Å²) in [6, 6.07) is 16.5. The largest absolute Gasteiger partial charge is 0.330 e. The number of fused-ring (bicyclic) bond motifs is 1. The molecule has 96 valence electrons. The second kappa shape index (κ2) is 4.38. The zero-order valence-electron chi connectivity index (χ0n) is 10.1. The van der Waals surface area contributed by atoms with Gasteiger partial charge in [-0.1, -0.05) is 30.3 Å². The number of nitrogens with one attached hydrogen (secondary N) is 2. The Morgan fingerprint density at radius 2 is 1.74 bits per heavy atom. The maximum Gasteiger partial charge on any atom is 0.330 e. The predicted molar refractivity (Wildman–Crippen MR) is 71.0 cm³/mol. The third-order valence-electron chi connectivity index (χ3n) is 3.15. The molecule has 0 saturated heterocycles. The van der Waals surface area contributed by atoms with Gasteiger partial charge < -0.3 is 10.4 Å². The fourth-order valence-corrected chi connectivity index (χ4v) is 2.13. The first kappa shape index (κ1) is 11.7. The molecule has 3 rings (SSSR count). The molecular weight excluding hydrogens is 242 g/mol. The van der Waals surface area contributed by atoms with Gasteiger partial charge in [0.1, 0.15) is 0 Å². The number of benzene rings is 2. The Labute approximate surface area is 110 Å². The van der Waals surface area contributed by atoms with Crippen molar-refractivity contribution in [1.82, 2.24) is 0 Å². The van der Waals surface area contributed by atoms with Crippen LogP contribution in [0, 0.1) is 0 Å². The van der Waals surface area contributed by atoms with Crippen molar-refractivity contribution in [2.45, 2.75) is 5.72 Å². The number of para-hydroxylation sites is 2. The number of anilines is 2. The number of quaternary nitrogens is 1. The maximum absolute atomic E-state index is 11.9. The van der Waals surface area contributed by atoms with Gasteiger partial charge in [-0.05, 0) is 24.3 Å². The smallest absolute Gasteiger partial charge is 0.329 e. The Balaban J connectivity index is 1.85. The molecule has 1 aliphatic heterocycles. The summed E-state index contributed by atoms with van der Waals surface area (Å²) in [4.78, 5) is 11.9. The molecule has 5 nitrogen and oxygen atoms in total. The van der Waals surface area contributed by atoms with E-state index in [1.54, 1.807) is 18.2 Å². The maximum atomic E-state index is 11.9. The molecule has 1 aliphatic rings. The Bertz CT molecular complexity index is 615. The average Bonchev–Trinajstić information content (AvgIpc) is 2.71. The third-order valence-corrected chi connectivity index (χ3v) is 3.15. The molecule has 1 unspecified atom stereocenters. The summed E-state index contributed by atoms with van der Waals surface area (Å²) in [7, 11) is 0. The minimum atomic E-state index is -1.65.